The van der Waals surface area contributed by atoms with E-state index in [4.69, 9.17) is 28.4 Å². The topological polar surface area (TPSA) is 217 Å². The number of carbonyl (C=O) groups is 3. The van der Waals surface area contributed by atoms with Crippen LogP contribution in [-0.4, -0.2) is 177 Å². The molecule has 0 saturated carbocycles. The van der Waals surface area contributed by atoms with Crippen molar-refractivity contribution in [3.8, 4) is 11.5 Å². The van der Waals surface area contributed by atoms with Crippen LogP contribution in [0.3, 0.4) is 0 Å². The normalized spacial score (nSPS) is 35.5. The predicted molar refractivity (Wildman–Crippen MR) is 255 cm³/mol. The third-order valence-electron chi connectivity index (χ3n) is 14.1. The molecule has 5 N–H and O–H groups in total. The highest BCUT2D eigenvalue weighted by molar-refractivity contribution is 14.1. The molecule has 0 spiro atoms. The summed E-state index contributed by atoms with van der Waals surface area (Å²) < 4.78 is 34.4. The van der Waals surface area contributed by atoms with Gasteiger partial charge in [0.15, 0.2) is 10.4 Å². The van der Waals surface area contributed by atoms with E-state index in [1.165, 1.54) is 21.0 Å². The van der Waals surface area contributed by atoms with Crippen molar-refractivity contribution in [3.05, 3.63) is 33.9 Å². The smallest absolute Gasteiger partial charge is 0.342 e. The first kappa shape index (κ1) is 55.9. The van der Waals surface area contributed by atoms with Crippen LogP contribution in [-0.2, 0) is 46.3 Å². The van der Waals surface area contributed by atoms with Crippen molar-refractivity contribution >= 4 is 40.5 Å². The molecule has 14 atom stereocenters. The lowest BCUT2D eigenvalue weighted by Gasteiger charge is -2.50. The highest BCUT2D eigenvalue weighted by atomic mass is 127. The number of aliphatic hydroxyl groups excluding tert-OH is 2. The number of ether oxygens (including phenoxy) is 6. The van der Waals surface area contributed by atoms with E-state index >= 15 is 0 Å². The summed E-state index contributed by atoms with van der Waals surface area (Å²) in [6.07, 6.45) is -1.20. The first-order chi connectivity index (χ1) is 30.7. The summed E-state index contributed by atoms with van der Waals surface area (Å²) in [6, 6.07) is -1.07. The Morgan fingerprint density at radius 2 is 1.71 bits per heavy atom. The second-order valence-corrected chi connectivity index (χ2v) is 21.0. The SMILES string of the molecule is COc1c(C)c2c(c(O)c1C/C=C(\C)CCC(=O)OCCN(C)[C@@H]1C[C@@H](C)O[C@@H](O[C@@H]3[C@@H](C)[C@H](O)[C@@H](C)C(=O)O[C@H](I)[C@@](C)(O)[C@H](O)[C@@H](C)N(C)C[C@H](C)C[C@@]3(C)O)[C@H]1N(C)C)C(=O)OC2. The summed E-state index contributed by atoms with van der Waals surface area (Å²) in [7, 11) is 9.13. The van der Waals surface area contributed by atoms with E-state index in [0.717, 1.165) is 11.1 Å². The van der Waals surface area contributed by atoms with Gasteiger partial charge >= 0.3 is 17.9 Å². The molecule has 1 aromatic rings. The third kappa shape index (κ3) is 12.9. The summed E-state index contributed by atoms with van der Waals surface area (Å²) in [4.78, 5) is 44.8. The number of allylic oxidation sites excluding steroid dienone is 2. The highest BCUT2D eigenvalue weighted by Gasteiger charge is 2.50. The standard InChI is InChI=1S/C48H78IN3O14/c1-25(15-17-32-39(55)36-33(24-63-44(36)58)28(4)40(32)61-14)16-18-35(53)62-20-19-51(12)34-21-27(3)64-45(37(34)50(10)11)65-42-29(5)38(54)30(6)43(57)66-46(49)48(9,60)41(56)31(7)52(13)23-26(2)22-47(42,8)59/h15,26-27,29-31,34,37-38,41-42,45-46,54-56,59-60H,16-24H2,1-14H3/b25-15+/t26-,27-,29+,30-,31-,34-,37+,38+,41-,42-,45+,46+,47-,48+/m1/s1. The third-order valence-corrected chi connectivity index (χ3v) is 15.6. The number of rotatable bonds is 13. The number of phenols is 1. The van der Waals surface area contributed by atoms with Crippen molar-refractivity contribution in [3.63, 3.8) is 0 Å². The largest absolute Gasteiger partial charge is 0.507 e. The van der Waals surface area contributed by atoms with Gasteiger partial charge in [-0.25, -0.2) is 4.79 Å². The van der Waals surface area contributed by atoms with Crippen LogP contribution in [0.15, 0.2) is 11.6 Å². The molecule has 0 bridgehead atoms. The highest BCUT2D eigenvalue weighted by Crippen LogP contribution is 2.42. The molecule has 0 aliphatic carbocycles. The van der Waals surface area contributed by atoms with Crippen LogP contribution in [0.2, 0.25) is 0 Å². The average Bonchev–Trinajstić information content (AvgIpc) is 3.64. The van der Waals surface area contributed by atoms with Gasteiger partial charge in [0.05, 0.1) is 43.0 Å². The predicted octanol–water partition coefficient (Wildman–Crippen LogP) is 4.10. The second kappa shape index (κ2) is 23.3. The van der Waals surface area contributed by atoms with Crippen LogP contribution in [0.5, 0.6) is 11.5 Å². The number of benzene rings is 1. The maximum absolute atomic E-state index is 13.5. The Bertz CT molecular complexity index is 1880. The number of hydrogen-bond donors (Lipinski definition) is 5. The molecule has 2 fully saturated rings. The zero-order valence-electron chi connectivity index (χ0n) is 41.5. The Morgan fingerprint density at radius 1 is 1.06 bits per heavy atom. The number of phenolic OH excluding ortho intramolecular Hbond substituents is 1. The van der Waals surface area contributed by atoms with Gasteiger partial charge in [-0.1, -0.05) is 25.5 Å². The molecule has 4 rings (SSSR count). The van der Waals surface area contributed by atoms with Crippen molar-refractivity contribution in [2.75, 3.05) is 55.0 Å². The summed E-state index contributed by atoms with van der Waals surface area (Å²) in [6.45, 7) is 16.9. The van der Waals surface area contributed by atoms with Crippen molar-refractivity contribution in [2.24, 2.45) is 17.8 Å². The molecule has 3 heterocycles. The van der Waals surface area contributed by atoms with E-state index in [0.29, 0.717) is 49.2 Å². The molecule has 1 aromatic carbocycles. The fraction of sp³-hybridized carbons (Fsp3) is 0.771. The Hall–Kier alpha value is -2.66. The monoisotopic (exact) mass is 1050 g/mol. The lowest BCUT2D eigenvalue weighted by atomic mass is 9.78. The minimum Gasteiger partial charge on any atom is -0.507 e. The van der Waals surface area contributed by atoms with Crippen molar-refractivity contribution in [2.45, 2.75) is 165 Å². The Morgan fingerprint density at radius 3 is 2.33 bits per heavy atom. The molecule has 2 saturated heterocycles. The minimum absolute atomic E-state index is 0.0896. The molecule has 17 nitrogen and oxygen atoms in total. The number of carbonyl (C=O) groups excluding carboxylic acids is 3. The van der Waals surface area contributed by atoms with E-state index in [-0.39, 0.29) is 67.4 Å². The van der Waals surface area contributed by atoms with Crippen molar-refractivity contribution in [1.82, 2.24) is 14.7 Å². The first-order valence-corrected chi connectivity index (χ1v) is 24.3. The number of cyclic esters (lactones) is 2. The van der Waals surface area contributed by atoms with Gasteiger partial charge in [-0.3, -0.25) is 14.5 Å². The van der Waals surface area contributed by atoms with Gasteiger partial charge in [-0.15, -0.1) is 0 Å². The van der Waals surface area contributed by atoms with Gasteiger partial charge in [0, 0.05) is 48.6 Å². The molecular formula is C48H78IN3O14. The molecule has 0 radical (unpaired) electrons. The minimum atomic E-state index is -1.81. The summed E-state index contributed by atoms with van der Waals surface area (Å²) >= 11 is 1.80. The number of aliphatic hydroxyl groups is 4. The van der Waals surface area contributed by atoms with Gasteiger partial charge < -0.3 is 63.8 Å². The van der Waals surface area contributed by atoms with Crippen LogP contribution in [0.1, 0.15) is 108 Å². The quantitative estimate of drug-likeness (QED) is 0.0618. The molecule has 376 valence electrons. The Labute approximate surface area is 405 Å². The second-order valence-electron chi connectivity index (χ2n) is 19.9. The molecule has 0 aromatic heterocycles. The number of esters is 3. The zero-order valence-corrected chi connectivity index (χ0v) is 43.7. The van der Waals surface area contributed by atoms with Crippen LogP contribution >= 0.6 is 22.6 Å². The molecule has 66 heavy (non-hydrogen) atoms. The Kier molecular flexibility index (Phi) is 19.7. The number of likely N-dealkylation sites (N-methyl/N-ethyl adjacent to an activating group) is 3. The van der Waals surface area contributed by atoms with E-state index in [2.05, 4.69) is 4.90 Å². The lowest BCUT2D eigenvalue weighted by molar-refractivity contribution is -0.287. The number of aromatic hydroxyl groups is 1. The molecule has 3 aliphatic heterocycles. The lowest BCUT2D eigenvalue weighted by Crippen LogP contribution is -2.63. The van der Waals surface area contributed by atoms with Crippen LogP contribution in [0.25, 0.3) is 0 Å². The van der Waals surface area contributed by atoms with Gasteiger partial charge in [0.2, 0.25) is 0 Å². The molecule has 0 unspecified atom stereocenters. The van der Waals surface area contributed by atoms with Crippen LogP contribution in [0, 0.1) is 24.7 Å². The van der Waals surface area contributed by atoms with Crippen LogP contribution in [0.4, 0.5) is 0 Å². The van der Waals surface area contributed by atoms with Gasteiger partial charge in [-0.05, 0) is 136 Å². The van der Waals surface area contributed by atoms with Gasteiger partial charge in [-0.2, -0.15) is 0 Å². The van der Waals surface area contributed by atoms with E-state index in [9.17, 15) is 39.9 Å². The number of hydrogen-bond acceptors (Lipinski definition) is 17. The van der Waals surface area contributed by atoms with E-state index in [1.807, 2.05) is 71.8 Å². The number of halogens is 1. The fourth-order valence-electron chi connectivity index (χ4n) is 9.91. The summed E-state index contributed by atoms with van der Waals surface area (Å²) in [5.74, 6) is -3.39. The van der Waals surface area contributed by atoms with Gasteiger partial charge in [0.1, 0.15) is 42.0 Å². The first-order valence-electron chi connectivity index (χ1n) is 23.1. The number of nitrogens with zero attached hydrogens (tertiary/aromatic N) is 3. The number of methoxy groups -OCH3 is 1. The molecule has 18 heteroatoms. The maximum atomic E-state index is 13.5. The molecule has 0 amide bonds. The fourth-order valence-corrected chi connectivity index (χ4v) is 10.5. The Balaban J connectivity index is 1.46. The molecule has 3 aliphatic rings. The number of fused-ring (bicyclic) bond motifs is 1. The van der Waals surface area contributed by atoms with Gasteiger partial charge in [0.25, 0.3) is 0 Å². The van der Waals surface area contributed by atoms with Crippen LogP contribution < -0.4 is 4.74 Å². The summed E-state index contributed by atoms with van der Waals surface area (Å²) in [5, 5.41) is 57.8. The maximum Gasteiger partial charge on any atom is 0.342 e. The van der Waals surface area contributed by atoms with Crippen molar-refractivity contribution < 1.29 is 68.3 Å². The average molecular weight is 1050 g/mol. The number of alkyl halides is 1. The van der Waals surface area contributed by atoms with Crippen molar-refractivity contribution in [1.29, 1.82) is 0 Å². The molecular weight excluding hydrogens is 969 g/mol. The van der Waals surface area contributed by atoms with E-state index in [1.54, 1.807) is 43.4 Å². The zero-order chi connectivity index (χ0) is 49.7. The van der Waals surface area contributed by atoms with E-state index < -0.39 is 69.7 Å². The summed E-state index contributed by atoms with van der Waals surface area (Å²) in [5.41, 5.74) is -0.433.